The van der Waals surface area contributed by atoms with Crippen LogP contribution in [0.2, 0.25) is 10.0 Å². The van der Waals surface area contributed by atoms with Crippen LogP contribution in [0.25, 0.3) is 0 Å². The molecule has 4 heterocycles. The second kappa shape index (κ2) is 18.8. The summed E-state index contributed by atoms with van der Waals surface area (Å²) in [6.45, 7) is 6.01. The number of halogens is 2. The Morgan fingerprint density at radius 2 is 0.955 bits per heavy atom. The molecule has 4 fully saturated rings. The van der Waals surface area contributed by atoms with Gasteiger partial charge in [-0.2, -0.15) is 0 Å². The number of aromatic nitrogens is 2. The lowest BCUT2D eigenvalue weighted by molar-refractivity contribution is 0.0773. The van der Waals surface area contributed by atoms with Gasteiger partial charge in [-0.3, -0.25) is 9.97 Å². The van der Waals surface area contributed by atoms with Crippen molar-refractivity contribution < 1.29 is 9.47 Å². The molecule has 244 valence electrons. The van der Waals surface area contributed by atoms with Gasteiger partial charge in [-0.05, 0) is 139 Å². The summed E-state index contributed by atoms with van der Waals surface area (Å²) < 4.78 is 10.8. The zero-order chi connectivity index (χ0) is 30.4. The third-order valence-electron chi connectivity index (χ3n) is 10.5. The summed E-state index contributed by atoms with van der Waals surface area (Å²) in [6, 6.07) is 9.12. The zero-order valence-corrected chi connectivity index (χ0v) is 28.0. The summed E-state index contributed by atoms with van der Waals surface area (Å²) >= 11 is 12.6. The van der Waals surface area contributed by atoms with Crippen molar-refractivity contribution in [3.8, 4) is 0 Å². The normalized spacial score (nSPS) is 27.0. The fraction of sp³-hybridized carbons (Fsp3) is 0.722. The maximum absolute atomic E-state index is 6.28. The topological polar surface area (TPSA) is 68.3 Å². The molecule has 2 aromatic rings. The first-order valence-corrected chi connectivity index (χ1v) is 18.2. The fourth-order valence-electron chi connectivity index (χ4n) is 7.63. The summed E-state index contributed by atoms with van der Waals surface area (Å²) in [7, 11) is 0. The van der Waals surface area contributed by atoms with Crippen LogP contribution < -0.4 is 10.6 Å². The molecule has 2 saturated heterocycles. The van der Waals surface area contributed by atoms with Gasteiger partial charge in [-0.1, -0.05) is 23.2 Å². The summed E-state index contributed by atoms with van der Waals surface area (Å²) in [4.78, 5) is 8.99. The van der Waals surface area contributed by atoms with Gasteiger partial charge < -0.3 is 20.1 Å². The molecule has 0 bridgehead atoms. The van der Waals surface area contributed by atoms with E-state index < -0.39 is 0 Å². The van der Waals surface area contributed by atoms with Gasteiger partial charge in [-0.15, -0.1) is 0 Å². The molecular weight excluding hydrogens is 591 g/mol. The van der Waals surface area contributed by atoms with Crippen LogP contribution in [0.4, 0.5) is 0 Å². The zero-order valence-electron chi connectivity index (χ0n) is 26.5. The van der Waals surface area contributed by atoms with E-state index in [1.165, 1.54) is 89.9 Å². The lowest BCUT2D eigenvalue weighted by atomic mass is 9.79. The van der Waals surface area contributed by atoms with Gasteiger partial charge >= 0.3 is 0 Å². The average molecular weight is 646 g/mol. The molecule has 4 aliphatic rings. The van der Waals surface area contributed by atoms with Crippen LogP contribution >= 0.6 is 23.2 Å². The van der Waals surface area contributed by atoms with Crippen molar-refractivity contribution in [3.05, 3.63) is 58.1 Å². The Kier molecular flexibility index (Phi) is 14.5. The molecule has 6 rings (SSSR count). The molecule has 44 heavy (non-hydrogen) atoms. The Bertz CT molecular complexity index is 994. The highest BCUT2D eigenvalue weighted by molar-refractivity contribution is 6.31. The number of hydrogen-bond acceptors (Lipinski definition) is 6. The molecule has 0 atom stereocenters. The van der Waals surface area contributed by atoms with E-state index in [0.717, 1.165) is 72.8 Å². The van der Waals surface area contributed by atoms with E-state index in [1.807, 2.05) is 36.7 Å². The van der Waals surface area contributed by atoms with E-state index in [2.05, 4.69) is 20.6 Å². The van der Waals surface area contributed by atoms with Crippen molar-refractivity contribution in [1.82, 2.24) is 20.6 Å². The number of ether oxygens (including phenoxy) is 2. The van der Waals surface area contributed by atoms with Crippen LogP contribution in [0.1, 0.15) is 113 Å². The van der Waals surface area contributed by atoms with Crippen LogP contribution in [0.3, 0.4) is 0 Å². The lowest BCUT2D eigenvalue weighted by Gasteiger charge is -2.29. The summed E-state index contributed by atoms with van der Waals surface area (Å²) in [5, 5.41) is 9.09. The van der Waals surface area contributed by atoms with E-state index >= 15 is 0 Å². The predicted molar refractivity (Wildman–Crippen MR) is 181 cm³/mol. The SMILES string of the molecule is Clc1cccnc1C1CCC(CCNC2CCOCC2)CC1.Clc1cccnc1C1CCC(CCNC2CCOCC2)CC1. The Balaban J connectivity index is 0.000000175. The van der Waals surface area contributed by atoms with Crippen LogP contribution in [0, 0.1) is 11.8 Å². The van der Waals surface area contributed by atoms with E-state index in [-0.39, 0.29) is 0 Å². The lowest BCUT2D eigenvalue weighted by Crippen LogP contribution is -2.36. The smallest absolute Gasteiger partial charge is 0.0624 e. The Hall–Kier alpha value is -1.28. The predicted octanol–water partition coefficient (Wildman–Crippen LogP) is 8.34. The van der Waals surface area contributed by atoms with Crippen molar-refractivity contribution in [1.29, 1.82) is 0 Å². The molecule has 2 aliphatic carbocycles. The first-order chi connectivity index (χ1) is 21.7. The molecule has 2 aliphatic heterocycles. The number of rotatable bonds is 10. The van der Waals surface area contributed by atoms with Crippen LogP contribution in [0.15, 0.2) is 36.7 Å². The third-order valence-corrected chi connectivity index (χ3v) is 11.1. The Morgan fingerprint density at radius 3 is 1.32 bits per heavy atom. The molecule has 0 spiro atoms. The minimum absolute atomic E-state index is 0.563. The van der Waals surface area contributed by atoms with Gasteiger partial charge in [0.2, 0.25) is 0 Å². The van der Waals surface area contributed by atoms with E-state index in [0.29, 0.717) is 23.9 Å². The highest BCUT2D eigenvalue weighted by atomic mass is 35.5. The monoisotopic (exact) mass is 644 g/mol. The van der Waals surface area contributed by atoms with Crippen LogP contribution in [-0.4, -0.2) is 61.6 Å². The van der Waals surface area contributed by atoms with E-state index in [9.17, 15) is 0 Å². The second-order valence-corrected chi connectivity index (χ2v) is 14.2. The maximum atomic E-state index is 6.28. The quantitative estimate of drug-likeness (QED) is 0.271. The molecule has 8 heteroatoms. The number of nitrogens with one attached hydrogen (secondary N) is 2. The molecule has 2 N–H and O–H groups in total. The van der Waals surface area contributed by atoms with Crippen molar-refractivity contribution >= 4 is 23.2 Å². The first-order valence-electron chi connectivity index (χ1n) is 17.5. The summed E-state index contributed by atoms with van der Waals surface area (Å²) in [5.41, 5.74) is 2.23. The van der Waals surface area contributed by atoms with Crippen molar-refractivity contribution in [3.63, 3.8) is 0 Å². The molecule has 0 radical (unpaired) electrons. The van der Waals surface area contributed by atoms with E-state index in [4.69, 9.17) is 32.7 Å². The largest absolute Gasteiger partial charge is 0.381 e. The molecular formula is C36H54Cl2N4O2. The third kappa shape index (κ3) is 10.9. The fourth-order valence-corrected chi connectivity index (χ4v) is 8.18. The standard InChI is InChI=1S/2C18H27ClN2O/c2*19-17-2-1-10-21-18(17)15-5-3-14(4-6-15)7-11-20-16-8-12-22-13-9-16/h2*1-2,10,14-16,20H,3-9,11-13H2. The van der Waals surface area contributed by atoms with Gasteiger partial charge in [0.25, 0.3) is 0 Å². The van der Waals surface area contributed by atoms with Gasteiger partial charge in [0.15, 0.2) is 0 Å². The first kappa shape index (κ1) is 34.1. The van der Waals surface area contributed by atoms with Gasteiger partial charge in [0.1, 0.15) is 0 Å². The highest BCUT2D eigenvalue weighted by Gasteiger charge is 2.26. The van der Waals surface area contributed by atoms with Gasteiger partial charge in [-0.25, -0.2) is 0 Å². The van der Waals surface area contributed by atoms with Gasteiger partial charge in [0, 0.05) is 62.7 Å². The van der Waals surface area contributed by atoms with Crippen LogP contribution in [-0.2, 0) is 9.47 Å². The van der Waals surface area contributed by atoms with Crippen LogP contribution in [0.5, 0.6) is 0 Å². The van der Waals surface area contributed by atoms with Crippen molar-refractivity contribution in [2.75, 3.05) is 39.5 Å². The average Bonchev–Trinajstić information content (AvgIpc) is 3.07. The minimum Gasteiger partial charge on any atom is -0.381 e. The molecule has 0 amide bonds. The Morgan fingerprint density at radius 1 is 0.568 bits per heavy atom. The molecule has 0 aromatic carbocycles. The summed E-state index contributed by atoms with van der Waals surface area (Å²) in [5.74, 6) is 2.86. The number of hydrogen-bond donors (Lipinski definition) is 2. The van der Waals surface area contributed by atoms with Crippen molar-refractivity contribution in [2.45, 2.75) is 114 Å². The molecule has 0 unspecified atom stereocenters. The Labute approximate surface area is 275 Å². The maximum Gasteiger partial charge on any atom is 0.0624 e. The minimum atomic E-state index is 0.563. The summed E-state index contributed by atoms with van der Waals surface area (Å²) in [6.07, 6.45) is 21.2. The second-order valence-electron chi connectivity index (χ2n) is 13.4. The highest BCUT2D eigenvalue weighted by Crippen LogP contribution is 2.39. The number of nitrogens with zero attached hydrogens (tertiary/aromatic N) is 2. The van der Waals surface area contributed by atoms with E-state index in [1.54, 1.807) is 0 Å². The van der Waals surface area contributed by atoms with Crippen molar-refractivity contribution in [2.24, 2.45) is 11.8 Å². The molecule has 6 nitrogen and oxygen atoms in total. The van der Waals surface area contributed by atoms with Gasteiger partial charge in [0.05, 0.1) is 21.4 Å². The molecule has 2 aromatic heterocycles. The number of pyridine rings is 2. The molecule has 2 saturated carbocycles.